The quantitative estimate of drug-likeness (QED) is 0.415. The van der Waals surface area contributed by atoms with E-state index >= 15 is 0 Å². The molecule has 0 aliphatic carbocycles. The van der Waals surface area contributed by atoms with Gasteiger partial charge in [-0.05, 0) is 22.6 Å². The normalized spacial score (nSPS) is 11.7. The fourth-order valence-corrected chi connectivity index (χ4v) is 2.55. The Morgan fingerprint density at radius 1 is 1.12 bits per heavy atom. The Morgan fingerprint density at radius 3 is 2.00 bits per heavy atom. The Kier molecular flexibility index (Phi) is 4.79. The van der Waals surface area contributed by atoms with E-state index in [0.29, 0.717) is 0 Å². The number of hydrogen-bond acceptors (Lipinski definition) is 2. The van der Waals surface area contributed by atoms with E-state index in [9.17, 15) is 35.5 Å². The highest BCUT2D eigenvalue weighted by atomic mass is 127. The van der Waals surface area contributed by atoms with E-state index in [1.807, 2.05) is 0 Å². The van der Waals surface area contributed by atoms with Crippen LogP contribution in [0.1, 0.15) is 16.1 Å². The molecule has 0 bridgehead atoms. The van der Waals surface area contributed by atoms with Crippen LogP contribution < -0.4 is 5.32 Å². The van der Waals surface area contributed by atoms with Crippen molar-refractivity contribution in [1.82, 2.24) is 9.78 Å². The Labute approximate surface area is 142 Å². The minimum atomic E-state index is -5.66. The fraction of sp³-hybridized carbons (Fsp3) is 0.167. The molecule has 0 spiro atoms. The molecular weight excluding hydrogens is 462 g/mol. The summed E-state index contributed by atoms with van der Waals surface area (Å²) >= 11 is 1.66. The van der Waals surface area contributed by atoms with Gasteiger partial charge in [-0.2, -0.15) is 18.3 Å². The molecular formula is C12H5F7IN3O. The van der Waals surface area contributed by atoms with Crippen molar-refractivity contribution >= 4 is 34.2 Å². The first kappa shape index (κ1) is 18.5. The molecule has 2 aromatic rings. The lowest BCUT2D eigenvalue weighted by molar-refractivity contribution is -0.143. The van der Waals surface area contributed by atoms with Crippen LogP contribution >= 0.6 is 22.6 Å². The number of amides is 1. The van der Waals surface area contributed by atoms with Crippen LogP contribution in [0.25, 0.3) is 0 Å². The van der Waals surface area contributed by atoms with Gasteiger partial charge in [0.05, 0.1) is 9.77 Å². The zero-order valence-corrected chi connectivity index (χ0v) is 13.6. The fourth-order valence-electron chi connectivity index (χ4n) is 1.83. The molecule has 1 amide bonds. The Balaban J connectivity index is 2.55. The lowest BCUT2D eigenvalue weighted by atomic mass is 10.1. The molecule has 0 unspecified atom stereocenters. The van der Waals surface area contributed by atoms with E-state index in [1.54, 1.807) is 22.6 Å². The number of alkyl halides is 3. The van der Waals surface area contributed by atoms with Crippen LogP contribution in [-0.4, -0.2) is 15.7 Å². The van der Waals surface area contributed by atoms with Crippen LogP contribution in [-0.2, 0) is 13.2 Å². The lowest BCUT2D eigenvalue weighted by Gasteiger charge is -2.14. The Morgan fingerprint density at radius 2 is 1.62 bits per heavy atom. The van der Waals surface area contributed by atoms with Gasteiger partial charge in [0, 0.05) is 7.05 Å². The zero-order chi connectivity index (χ0) is 18.4. The van der Waals surface area contributed by atoms with Crippen molar-refractivity contribution in [2.45, 2.75) is 6.18 Å². The van der Waals surface area contributed by atoms with Crippen molar-refractivity contribution in [3.63, 3.8) is 0 Å². The van der Waals surface area contributed by atoms with Crippen LogP contribution in [0.4, 0.5) is 36.4 Å². The summed E-state index contributed by atoms with van der Waals surface area (Å²) in [7, 11) is 1.30. The van der Waals surface area contributed by atoms with E-state index in [1.165, 1.54) is 18.6 Å². The first-order valence-corrected chi connectivity index (χ1v) is 6.96. The summed E-state index contributed by atoms with van der Waals surface area (Å²) in [6.07, 6.45) is -4.44. The smallest absolute Gasteiger partial charge is 0.315 e. The molecule has 0 fully saturated rings. The molecule has 0 aliphatic rings. The maximum atomic E-state index is 13.7. The molecule has 0 radical (unpaired) electrons. The van der Waals surface area contributed by atoms with Crippen molar-refractivity contribution in [2.75, 3.05) is 5.32 Å². The molecule has 0 atom stereocenters. The third-order valence-corrected chi connectivity index (χ3v) is 3.68. The number of hydrogen-bond donors (Lipinski definition) is 1. The van der Waals surface area contributed by atoms with Gasteiger partial charge < -0.3 is 5.32 Å². The van der Waals surface area contributed by atoms with Crippen molar-refractivity contribution in [3.05, 3.63) is 44.3 Å². The number of nitrogens with zero attached hydrogens (tertiary/aromatic N) is 2. The number of aryl methyl sites for hydroxylation is 1. The summed E-state index contributed by atoms with van der Waals surface area (Å²) in [5, 5.41) is 5.19. The molecule has 1 heterocycles. The summed E-state index contributed by atoms with van der Waals surface area (Å²) in [5.41, 5.74) is -4.60. The van der Waals surface area contributed by atoms with Crippen LogP contribution in [0, 0.1) is 26.8 Å². The first-order chi connectivity index (χ1) is 11.0. The summed E-state index contributed by atoms with van der Waals surface area (Å²) in [6.45, 7) is 0. The highest BCUT2D eigenvalue weighted by molar-refractivity contribution is 14.1. The Hall–Kier alpha value is -1.86. The van der Waals surface area contributed by atoms with Gasteiger partial charge >= 0.3 is 6.18 Å². The second kappa shape index (κ2) is 6.22. The highest BCUT2D eigenvalue weighted by Crippen LogP contribution is 2.38. The van der Waals surface area contributed by atoms with Gasteiger partial charge in [-0.1, -0.05) is 0 Å². The molecule has 24 heavy (non-hydrogen) atoms. The standard InChI is InChI=1S/C12H5F7IN3O/c1-23-10(3(20)2-21-23)11(24)22-9-7(15)5(13)4(12(17,18)19)6(14)8(9)16/h2H,1H3,(H,22,24). The number of rotatable bonds is 2. The molecule has 0 saturated heterocycles. The SMILES string of the molecule is Cn1ncc(I)c1C(=O)Nc1c(F)c(F)c(C(F)(F)F)c(F)c1F. The number of anilines is 1. The lowest BCUT2D eigenvalue weighted by Crippen LogP contribution is -2.22. The number of benzene rings is 1. The number of nitrogens with one attached hydrogen (secondary N) is 1. The maximum Gasteiger partial charge on any atom is 0.422 e. The number of carbonyl (C=O) groups excluding carboxylic acids is 1. The van der Waals surface area contributed by atoms with Gasteiger partial charge in [0.15, 0.2) is 23.3 Å². The third kappa shape index (κ3) is 3.06. The van der Waals surface area contributed by atoms with Crippen LogP contribution in [0.2, 0.25) is 0 Å². The van der Waals surface area contributed by atoms with E-state index in [-0.39, 0.29) is 9.26 Å². The predicted molar refractivity (Wildman–Crippen MR) is 75.2 cm³/mol. The summed E-state index contributed by atoms with van der Waals surface area (Å²) in [4.78, 5) is 11.9. The van der Waals surface area contributed by atoms with Crippen molar-refractivity contribution in [2.24, 2.45) is 7.05 Å². The molecule has 2 rings (SSSR count). The molecule has 4 nitrogen and oxygen atoms in total. The van der Waals surface area contributed by atoms with Gasteiger partial charge in [0.1, 0.15) is 16.9 Å². The summed E-state index contributed by atoms with van der Waals surface area (Å²) in [6, 6.07) is 0. The van der Waals surface area contributed by atoms with Crippen LogP contribution in [0.5, 0.6) is 0 Å². The highest BCUT2D eigenvalue weighted by Gasteiger charge is 2.42. The minimum Gasteiger partial charge on any atom is -0.315 e. The molecule has 0 saturated carbocycles. The predicted octanol–water partition coefficient (Wildman–Crippen LogP) is 3.85. The monoisotopic (exact) mass is 467 g/mol. The summed E-state index contributed by atoms with van der Waals surface area (Å²) < 4.78 is 93.1. The average molecular weight is 467 g/mol. The summed E-state index contributed by atoms with van der Waals surface area (Å²) in [5.74, 6) is -11.3. The molecule has 1 aromatic heterocycles. The van der Waals surface area contributed by atoms with Crippen LogP contribution in [0.15, 0.2) is 6.20 Å². The van der Waals surface area contributed by atoms with Crippen molar-refractivity contribution in [3.8, 4) is 0 Å². The third-order valence-electron chi connectivity index (χ3n) is 2.89. The van der Waals surface area contributed by atoms with Crippen molar-refractivity contribution in [1.29, 1.82) is 0 Å². The molecule has 1 N–H and O–H groups in total. The van der Waals surface area contributed by atoms with E-state index in [4.69, 9.17) is 0 Å². The van der Waals surface area contributed by atoms with Gasteiger partial charge in [-0.3, -0.25) is 9.48 Å². The van der Waals surface area contributed by atoms with Crippen LogP contribution in [0.3, 0.4) is 0 Å². The number of halogens is 8. The van der Waals surface area contributed by atoms with Gasteiger partial charge in [-0.15, -0.1) is 0 Å². The van der Waals surface area contributed by atoms with Gasteiger partial charge in [-0.25, -0.2) is 17.6 Å². The second-order valence-corrected chi connectivity index (χ2v) is 5.58. The number of carbonyl (C=O) groups is 1. The largest absolute Gasteiger partial charge is 0.422 e. The number of aromatic nitrogens is 2. The zero-order valence-electron chi connectivity index (χ0n) is 11.4. The maximum absolute atomic E-state index is 13.7. The molecule has 130 valence electrons. The van der Waals surface area contributed by atoms with E-state index < -0.39 is 46.6 Å². The first-order valence-electron chi connectivity index (χ1n) is 5.88. The van der Waals surface area contributed by atoms with Gasteiger partial charge in [0.2, 0.25) is 0 Å². The average Bonchev–Trinajstić information content (AvgIpc) is 2.79. The van der Waals surface area contributed by atoms with E-state index in [2.05, 4.69) is 5.10 Å². The topological polar surface area (TPSA) is 46.9 Å². The van der Waals surface area contributed by atoms with E-state index in [0.717, 1.165) is 4.68 Å². The minimum absolute atomic E-state index is 0.213. The molecule has 0 aliphatic heterocycles. The second-order valence-electron chi connectivity index (χ2n) is 4.42. The molecule has 1 aromatic carbocycles. The molecule has 12 heteroatoms. The Bertz CT molecular complexity index is 783. The van der Waals surface area contributed by atoms with Crippen molar-refractivity contribution < 1.29 is 35.5 Å². The van der Waals surface area contributed by atoms with Gasteiger partial charge in [0.25, 0.3) is 5.91 Å².